The lowest BCUT2D eigenvalue weighted by molar-refractivity contribution is 0.100. The van der Waals surface area contributed by atoms with Crippen LogP contribution in [0.4, 0.5) is 5.69 Å². The molecule has 1 fully saturated rings. The van der Waals surface area contributed by atoms with E-state index in [4.69, 9.17) is 17.3 Å². The Morgan fingerprint density at radius 3 is 2.79 bits per heavy atom. The number of allylic oxidation sites excluding steroid dienone is 2. The lowest BCUT2D eigenvalue weighted by Crippen LogP contribution is -2.18. The summed E-state index contributed by atoms with van der Waals surface area (Å²) in [7, 11) is 0. The highest BCUT2D eigenvalue weighted by Gasteiger charge is 2.35. The van der Waals surface area contributed by atoms with Gasteiger partial charge < -0.3 is 11.1 Å². The molecule has 0 heterocycles. The minimum Gasteiger partial charge on any atom is -0.385 e. The van der Waals surface area contributed by atoms with E-state index in [0.717, 1.165) is 24.1 Å². The molecular formula is C15H17ClN2O. The van der Waals surface area contributed by atoms with Gasteiger partial charge in [-0.05, 0) is 48.8 Å². The van der Waals surface area contributed by atoms with Gasteiger partial charge >= 0.3 is 0 Å². The summed E-state index contributed by atoms with van der Waals surface area (Å²) in [6, 6.07) is 5.30. The van der Waals surface area contributed by atoms with Crippen LogP contribution in [0.3, 0.4) is 0 Å². The van der Waals surface area contributed by atoms with Gasteiger partial charge in [-0.2, -0.15) is 0 Å². The average Bonchev–Trinajstić information content (AvgIpc) is 2.98. The first-order valence-corrected chi connectivity index (χ1v) is 7.03. The molecule has 2 bridgehead atoms. The van der Waals surface area contributed by atoms with E-state index in [-0.39, 0.29) is 0 Å². The van der Waals surface area contributed by atoms with Crippen LogP contribution in [0.25, 0.3) is 0 Å². The van der Waals surface area contributed by atoms with Crippen LogP contribution in [0.2, 0.25) is 5.02 Å². The summed E-state index contributed by atoms with van der Waals surface area (Å²) in [6.45, 7) is 0.956. The molecule has 1 aromatic carbocycles. The van der Waals surface area contributed by atoms with Gasteiger partial charge in [-0.1, -0.05) is 23.8 Å². The number of carbonyl (C=O) groups excluding carboxylic acids is 1. The summed E-state index contributed by atoms with van der Waals surface area (Å²) in [5, 5.41) is 3.82. The Hall–Kier alpha value is -1.48. The van der Waals surface area contributed by atoms with Crippen LogP contribution >= 0.6 is 11.6 Å². The Labute approximate surface area is 117 Å². The minimum absolute atomic E-state index is 0.370. The number of carbonyl (C=O) groups is 1. The van der Waals surface area contributed by atoms with Crippen LogP contribution in [0.5, 0.6) is 0 Å². The smallest absolute Gasteiger partial charge is 0.250 e. The Morgan fingerprint density at radius 2 is 2.21 bits per heavy atom. The summed E-state index contributed by atoms with van der Waals surface area (Å²) in [5.41, 5.74) is 6.54. The van der Waals surface area contributed by atoms with Crippen molar-refractivity contribution in [2.24, 2.45) is 23.5 Å². The zero-order chi connectivity index (χ0) is 13.4. The third kappa shape index (κ3) is 2.47. The number of fused-ring (bicyclic) bond motifs is 2. The molecule has 3 N–H and O–H groups in total. The summed E-state index contributed by atoms with van der Waals surface area (Å²) in [6.07, 6.45) is 7.29. The second-order valence-corrected chi connectivity index (χ2v) is 5.89. The number of amides is 1. The molecule has 0 aromatic heterocycles. The number of nitrogens with two attached hydrogens (primary N) is 1. The third-order valence-corrected chi connectivity index (χ3v) is 4.53. The number of hydrogen-bond donors (Lipinski definition) is 2. The van der Waals surface area contributed by atoms with Crippen molar-refractivity contribution in [2.75, 3.05) is 11.9 Å². The van der Waals surface area contributed by atoms with Gasteiger partial charge in [-0.25, -0.2) is 0 Å². The van der Waals surface area contributed by atoms with Crippen LogP contribution in [0.15, 0.2) is 30.4 Å². The molecule has 0 aliphatic heterocycles. The molecule has 3 unspecified atom stereocenters. The Bertz CT molecular complexity index is 541. The van der Waals surface area contributed by atoms with Crippen molar-refractivity contribution < 1.29 is 4.79 Å². The SMILES string of the molecule is NC(=O)c1ccc(NCC2CC3C=CC2C3)cc1Cl. The molecule has 1 saturated carbocycles. The lowest BCUT2D eigenvalue weighted by Gasteiger charge is -2.19. The molecule has 2 aliphatic rings. The van der Waals surface area contributed by atoms with Gasteiger partial charge in [0.15, 0.2) is 0 Å². The van der Waals surface area contributed by atoms with E-state index in [1.54, 1.807) is 12.1 Å². The number of hydrogen-bond acceptors (Lipinski definition) is 2. The average molecular weight is 277 g/mol. The number of nitrogens with one attached hydrogen (secondary N) is 1. The minimum atomic E-state index is -0.491. The van der Waals surface area contributed by atoms with E-state index < -0.39 is 5.91 Å². The summed E-state index contributed by atoms with van der Waals surface area (Å²) < 4.78 is 0. The molecule has 3 nitrogen and oxygen atoms in total. The molecule has 2 aliphatic carbocycles. The lowest BCUT2D eigenvalue weighted by atomic mass is 9.93. The van der Waals surface area contributed by atoms with Gasteiger partial charge in [0, 0.05) is 12.2 Å². The zero-order valence-corrected chi connectivity index (χ0v) is 11.4. The largest absolute Gasteiger partial charge is 0.385 e. The quantitative estimate of drug-likeness (QED) is 0.831. The maximum atomic E-state index is 11.1. The standard InChI is InChI=1S/C15H17ClN2O/c16-14-7-12(3-4-13(14)15(17)19)18-8-11-6-9-1-2-10(11)5-9/h1-4,7,9-11,18H,5-6,8H2,(H2,17,19). The van der Waals surface area contributed by atoms with Gasteiger partial charge in [-0.3, -0.25) is 4.79 Å². The van der Waals surface area contributed by atoms with Crippen LogP contribution in [0, 0.1) is 17.8 Å². The topological polar surface area (TPSA) is 55.1 Å². The van der Waals surface area contributed by atoms with Crippen LogP contribution in [-0.4, -0.2) is 12.5 Å². The van der Waals surface area contributed by atoms with Gasteiger partial charge in [0.2, 0.25) is 5.91 Å². The molecule has 0 spiro atoms. The van der Waals surface area contributed by atoms with Crippen molar-refractivity contribution in [2.45, 2.75) is 12.8 Å². The number of primary amides is 1. The van der Waals surface area contributed by atoms with Crippen LogP contribution < -0.4 is 11.1 Å². The predicted octanol–water partition coefficient (Wildman–Crippen LogP) is 3.06. The third-order valence-electron chi connectivity index (χ3n) is 4.22. The fourth-order valence-corrected chi connectivity index (χ4v) is 3.48. The number of anilines is 1. The van der Waals surface area contributed by atoms with Gasteiger partial charge in [-0.15, -0.1) is 0 Å². The molecule has 100 valence electrons. The normalized spacial score (nSPS) is 27.7. The van der Waals surface area contributed by atoms with Crippen molar-refractivity contribution in [3.63, 3.8) is 0 Å². The molecule has 3 atom stereocenters. The molecule has 19 heavy (non-hydrogen) atoms. The number of halogens is 1. The van der Waals surface area contributed by atoms with Crippen LogP contribution in [-0.2, 0) is 0 Å². The number of rotatable bonds is 4. The van der Waals surface area contributed by atoms with Gasteiger partial charge in [0.1, 0.15) is 0 Å². The zero-order valence-electron chi connectivity index (χ0n) is 10.6. The summed E-state index contributed by atoms with van der Waals surface area (Å²) in [4.78, 5) is 11.1. The summed E-state index contributed by atoms with van der Waals surface area (Å²) in [5.74, 6) is 1.75. The van der Waals surface area contributed by atoms with Gasteiger partial charge in [0.25, 0.3) is 0 Å². The number of benzene rings is 1. The first kappa shape index (κ1) is 12.5. The molecule has 3 rings (SSSR count). The second kappa shape index (κ2) is 4.89. The van der Waals surface area contributed by atoms with Crippen LogP contribution in [0.1, 0.15) is 23.2 Å². The first-order chi connectivity index (χ1) is 9.13. The molecule has 0 saturated heterocycles. The highest BCUT2D eigenvalue weighted by molar-refractivity contribution is 6.34. The first-order valence-electron chi connectivity index (χ1n) is 6.65. The van der Waals surface area contributed by atoms with E-state index >= 15 is 0 Å². The molecule has 0 radical (unpaired) electrons. The maximum Gasteiger partial charge on any atom is 0.250 e. The Balaban J connectivity index is 1.63. The Kier molecular flexibility index (Phi) is 3.23. The van der Waals surface area contributed by atoms with E-state index in [1.165, 1.54) is 12.8 Å². The van der Waals surface area contributed by atoms with Crippen molar-refractivity contribution in [1.29, 1.82) is 0 Å². The predicted molar refractivity (Wildman–Crippen MR) is 77.3 cm³/mol. The Morgan fingerprint density at radius 1 is 1.37 bits per heavy atom. The van der Waals surface area contributed by atoms with Crippen molar-refractivity contribution >= 4 is 23.2 Å². The fourth-order valence-electron chi connectivity index (χ4n) is 3.20. The highest BCUT2D eigenvalue weighted by atomic mass is 35.5. The molecule has 4 heteroatoms. The van der Waals surface area contributed by atoms with E-state index in [0.29, 0.717) is 16.5 Å². The molecule has 1 amide bonds. The summed E-state index contributed by atoms with van der Waals surface area (Å²) >= 11 is 6.03. The van der Waals surface area contributed by atoms with Crippen molar-refractivity contribution in [3.05, 3.63) is 40.9 Å². The van der Waals surface area contributed by atoms with Crippen molar-refractivity contribution in [1.82, 2.24) is 0 Å². The molecule has 1 aromatic rings. The second-order valence-electron chi connectivity index (χ2n) is 5.48. The molecular weight excluding hydrogens is 260 g/mol. The highest BCUT2D eigenvalue weighted by Crippen LogP contribution is 2.43. The van der Waals surface area contributed by atoms with E-state index in [2.05, 4.69) is 17.5 Å². The van der Waals surface area contributed by atoms with E-state index in [1.807, 2.05) is 6.07 Å². The van der Waals surface area contributed by atoms with E-state index in [9.17, 15) is 4.79 Å². The van der Waals surface area contributed by atoms with Gasteiger partial charge in [0.05, 0.1) is 10.6 Å². The maximum absolute atomic E-state index is 11.1. The fraction of sp³-hybridized carbons (Fsp3) is 0.400. The monoisotopic (exact) mass is 276 g/mol. The van der Waals surface area contributed by atoms with Crippen molar-refractivity contribution in [3.8, 4) is 0 Å².